The number of hydrogen-bond acceptors (Lipinski definition) is 3. The fraction of sp³-hybridized carbons (Fsp3) is 0.367. The van der Waals surface area contributed by atoms with E-state index in [9.17, 15) is 4.79 Å². The second-order valence-electron chi connectivity index (χ2n) is 10.9. The Bertz CT molecular complexity index is 1350. The molecule has 4 aliphatic rings. The third kappa shape index (κ3) is 3.39. The van der Waals surface area contributed by atoms with Crippen LogP contribution in [0.25, 0.3) is 21.9 Å². The summed E-state index contributed by atoms with van der Waals surface area (Å²) in [6.45, 7) is -0.0190. The van der Waals surface area contributed by atoms with Crippen molar-refractivity contribution in [2.24, 2.45) is 17.8 Å². The van der Waals surface area contributed by atoms with Crippen LogP contribution in [-0.2, 0) is 10.2 Å². The summed E-state index contributed by atoms with van der Waals surface area (Å²) in [4.78, 5) is 12.5. The molecule has 4 fully saturated rings. The number of furan rings is 1. The van der Waals surface area contributed by atoms with Gasteiger partial charge in [0.2, 0.25) is 0 Å². The molecule has 1 amide bonds. The summed E-state index contributed by atoms with van der Waals surface area (Å²) in [5.41, 5.74) is 4.18. The molecule has 0 aliphatic heterocycles. The lowest BCUT2D eigenvalue weighted by molar-refractivity contribution is -0.118. The number of nitrogens with one attached hydrogen (secondary N) is 1. The first-order valence-corrected chi connectivity index (χ1v) is 12.6. The zero-order valence-electron chi connectivity index (χ0n) is 19.3. The van der Waals surface area contributed by atoms with E-state index in [1.54, 1.807) is 0 Å². The fourth-order valence-electron chi connectivity index (χ4n) is 7.52. The molecule has 4 heteroatoms. The Morgan fingerprint density at radius 1 is 0.853 bits per heavy atom. The summed E-state index contributed by atoms with van der Waals surface area (Å²) < 4.78 is 11.7. The van der Waals surface area contributed by atoms with Gasteiger partial charge < -0.3 is 14.5 Å². The van der Waals surface area contributed by atoms with Crippen molar-refractivity contribution in [1.29, 1.82) is 0 Å². The number of para-hydroxylation sites is 1. The van der Waals surface area contributed by atoms with E-state index in [2.05, 4.69) is 17.4 Å². The van der Waals surface area contributed by atoms with Crippen molar-refractivity contribution in [1.82, 2.24) is 0 Å². The highest BCUT2D eigenvalue weighted by atomic mass is 16.5. The van der Waals surface area contributed by atoms with Crippen molar-refractivity contribution < 1.29 is 13.9 Å². The van der Waals surface area contributed by atoms with Gasteiger partial charge in [0.25, 0.3) is 5.91 Å². The topological polar surface area (TPSA) is 51.5 Å². The highest BCUT2D eigenvalue weighted by Crippen LogP contribution is 2.60. The molecule has 4 aromatic rings. The van der Waals surface area contributed by atoms with Gasteiger partial charge in [0.1, 0.15) is 16.9 Å². The molecule has 0 saturated heterocycles. The number of benzene rings is 3. The van der Waals surface area contributed by atoms with Gasteiger partial charge in [-0.2, -0.15) is 0 Å². The van der Waals surface area contributed by atoms with Gasteiger partial charge in [-0.25, -0.2) is 0 Å². The number of ether oxygens (including phenoxy) is 1. The summed E-state index contributed by atoms with van der Waals surface area (Å²) >= 11 is 0. The number of anilines is 1. The second kappa shape index (κ2) is 7.63. The predicted octanol–water partition coefficient (Wildman–Crippen LogP) is 7.07. The standard InChI is InChI=1S/C30H29NO3/c32-29(31-23-7-10-26-25-3-1-2-4-27(25)34-28(26)14-23)18-33-24-8-5-22(6-9-24)30-15-19-11-20(16-30)13-21(12-19)17-30/h1-10,14,19-21H,11-13,15-18H2,(H,31,32). The van der Waals surface area contributed by atoms with Crippen molar-refractivity contribution in [2.45, 2.75) is 43.9 Å². The molecule has 3 aromatic carbocycles. The summed E-state index contributed by atoms with van der Waals surface area (Å²) in [5.74, 6) is 3.37. The number of carbonyl (C=O) groups is 1. The summed E-state index contributed by atoms with van der Waals surface area (Å²) in [7, 11) is 0. The highest BCUT2D eigenvalue weighted by Gasteiger charge is 2.51. The zero-order valence-corrected chi connectivity index (χ0v) is 19.3. The maximum atomic E-state index is 12.5. The Balaban J connectivity index is 1.00. The monoisotopic (exact) mass is 451 g/mol. The molecular weight excluding hydrogens is 422 g/mol. The van der Waals surface area contributed by atoms with Crippen molar-refractivity contribution in [3.05, 3.63) is 72.3 Å². The van der Waals surface area contributed by atoms with E-state index in [4.69, 9.17) is 9.15 Å². The molecule has 4 aliphatic carbocycles. The lowest BCUT2D eigenvalue weighted by Crippen LogP contribution is -2.48. The summed E-state index contributed by atoms with van der Waals surface area (Å²) in [5, 5.41) is 5.05. The Labute approximate surface area is 199 Å². The van der Waals surface area contributed by atoms with Crippen LogP contribution >= 0.6 is 0 Å². The van der Waals surface area contributed by atoms with Crippen LogP contribution in [0.5, 0.6) is 5.75 Å². The van der Waals surface area contributed by atoms with Crippen LogP contribution in [0.4, 0.5) is 5.69 Å². The van der Waals surface area contributed by atoms with Crippen molar-refractivity contribution in [2.75, 3.05) is 11.9 Å². The number of hydrogen-bond donors (Lipinski definition) is 1. The normalized spacial score (nSPS) is 27.4. The summed E-state index contributed by atoms with van der Waals surface area (Å²) in [6, 6.07) is 22.3. The van der Waals surface area contributed by atoms with E-state index in [0.717, 1.165) is 45.4 Å². The zero-order chi connectivity index (χ0) is 22.7. The van der Waals surface area contributed by atoms with Gasteiger partial charge in [0.05, 0.1) is 0 Å². The van der Waals surface area contributed by atoms with Crippen LogP contribution in [0, 0.1) is 17.8 Å². The Morgan fingerprint density at radius 3 is 2.26 bits per heavy atom. The molecular formula is C30H29NO3. The minimum Gasteiger partial charge on any atom is -0.484 e. The molecule has 0 atom stereocenters. The molecule has 0 radical (unpaired) electrons. The first-order chi connectivity index (χ1) is 16.6. The molecule has 8 rings (SSSR count). The average Bonchev–Trinajstić information content (AvgIpc) is 3.20. The SMILES string of the molecule is O=C(COc1ccc(C23CC4CC(CC(C4)C2)C3)cc1)Nc1ccc2c(c1)oc1ccccc12. The first-order valence-electron chi connectivity index (χ1n) is 12.6. The van der Waals surface area contributed by atoms with E-state index < -0.39 is 0 Å². The van der Waals surface area contributed by atoms with E-state index in [-0.39, 0.29) is 12.5 Å². The number of carbonyl (C=O) groups excluding carboxylic acids is 1. The Hall–Kier alpha value is -3.27. The predicted molar refractivity (Wildman–Crippen MR) is 134 cm³/mol. The molecule has 0 spiro atoms. The van der Waals surface area contributed by atoms with Crippen LogP contribution in [0.3, 0.4) is 0 Å². The van der Waals surface area contributed by atoms with Crippen LogP contribution in [0.2, 0.25) is 0 Å². The minimum absolute atomic E-state index is 0.0190. The molecule has 1 heterocycles. The molecule has 0 unspecified atom stereocenters. The number of amides is 1. The van der Waals surface area contributed by atoms with Crippen LogP contribution < -0.4 is 10.1 Å². The van der Waals surface area contributed by atoms with E-state index in [1.807, 2.05) is 54.6 Å². The highest BCUT2D eigenvalue weighted by molar-refractivity contribution is 6.06. The van der Waals surface area contributed by atoms with Gasteiger partial charge in [-0.15, -0.1) is 0 Å². The van der Waals surface area contributed by atoms with Gasteiger partial charge in [-0.05, 0) is 97.6 Å². The van der Waals surface area contributed by atoms with Gasteiger partial charge >= 0.3 is 0 Å². The lowest BCUT2D eigenvalue weighted by atomic mass is 9.48. The van der Waals surface area contributed by atoms with E-state index in [1.165, 1.54) is 44.1 Å². The van der Waals surface area contributed by atoms with Crippen molar-refractivity contribution >= 4 is 33.5 Å². The molecule has 1 aromatic heterocycles. The molecule has 1 N–H and O–H groups in total. The van der Waals surface area contributed by atoms with E-state index >= 15 is 0 Å². The lowest BCUT2D eigenvalue weighted by Gasteiger charge is -2.57. The maximum absolute atomic E-state index is 12.5. The largest absolute Gasteiger partial charge is 0.484 e. The van der Waals surface area contributed by atoms with Crippen molar-refractivity contribution in [3.63, 3.8) is 0 Å². The fourth-order valence-corrected chi connectivity index (χ4v) is 7.52. The summed E-state index contributed by atoms with van der Waals surface area (Å²) in [6.07, 6.45) is 8.45. The van der Waals surface area contributed by atoms with Gasteiger partial charge in [-0.1, -0.05) is 30.3 Å². The second-order valence-corrected chi connectivity index (χ2v) is 10.9. The third-order valence-electron chi connectivity index (χ3n) is 8.54. The Kier molecular flexibility index (Phi) is 4.52. The molecule has 4 bridgehead atoms. The molecule has 172 valence electrons. The Morgan fingerprint density at radius 2 is 1.53 bits per heavy atom. The number of fused-ring (bicyclic) bond motifs is 3. The quantitative estimate of drug-likeness (QED) is 0.353. The average molecular weight is 452 g/mol. The van der Waals surface area contributed by atoms with Crippen molar-refractivity contribution in [3.8, 4) is 5.75 Å². The molecule has 4 saturated carbocycles. The third-order valence-corrected chi connectivity index (χ3v) is 8.54. The van der Waals surface area contributed by atoms with Crippen LogP contribution in [-0.4, -0.2) is 12.5 Å². The smallest absolute Gasteiger partial charge is 0.262 e. The number of rotatable bonds is 5. The molecule has 4 nitrogen and oxygen atoms in total. The van der Waals surface area contributed by atoms with Crippen LogP contribution in [0.1, 0.15) is 44.1 Å². The van der Waals surface area contributed by atoms with Crippen LogP contribution in [0.15, 0.2) is 71.1 Å². The van der Waals surface area contributed by atoms with Gasteiger partial charge in [0, 0.05) is 22.5 Å². The van der Waals surface area contributed by atoms with Gasteiger partial charge in [0.15, 0.2) is 6.61 Å². The van der Waals surface area contributed by atoms with E-state index in [0.29, 0.717) is 11.1 Å². The maximum Gasteiger partial charge on any atom is 0.262 e. The van der Waals surface area contributed by atoms with Gasteiger partial charge in [-0.3, -0.25) is 4.79 Å². The minimum atomic E-state index is -0.180. The first kappa shape index (κ1) is 20.1. The molecule has 34 heavy (non-hydrogen) atoms.